The molecule has 0 aliphatic carbocycles. The minimum absolute atomic E-state index is 0.120. The van der Waals surface area contributed by atoms with Gasteiger partial charge in [-0.3, -0.25) is 4.79 Å². The summed E-state index contributed by atoms with van der Waals surface area (Å²) in [4.78, 5) is 16.5. The van der Waals surface area contributed by atoms with Gasteiger partial charge in [0.25, 0.3) is 5.91 Å². The maximum absolute atomic E-state index is 12.0. The first kappa shape index (κ1) is 14.5. The lowest BCUT2D eigenvalue weighted by molar-refractivity contribution is 0.0950. The molecule has 4 nitrogen and oxygen atoms in total. The summed E-state index contributed by atoms with van der Waals surface area (Å²) in [5.41, 5.74) is 1.66. The van der Waals surface area contributed by atoms with E-state index < -0.39 is 0 Å². The fourth-order valence-electron chi connectivity index (χ4n) is 1.69. The number of carbonyl (C=O) groups excluding carboxylic acids is 1. The van der Waals surface area contributed by atoms with Crippen LogP contribution in [0.1, 0.15) is 40.8 Å². The molecule has 1 N–H and O–H groups in total. The van der Waals surface area contributed by atoms with E-state index in [0.29, 0.717) is 23.8 Å². The molecule has 0 saturated heterocycles. The molecule has 2 aromatic rings. The SMILES string of the molecule is COc1cccc(C(=O)NCc2nc(C(C)C)cs2)c1. The van der Waals surface area contributed by atoms with Crippen molar-refractivity contribution >= 4 is 17.2 Å². The monoisotopic (exact) mass is 290 g/mol. The molecule has 0 spiro atoms. The Hall–Kier alpha value is -1.88. The molecule has 0 radical (unpaired) electrons. The Bertz CT molecular complexity index is 593. The number of thiazole rings is 1. The first-order chi connectivity index (χ1) is 9.60. The van der Waals surface area contributed by atoms with Crippen molar-refractivity contribution in [2.24, 2.45) is 0 Å². The van der Waals surface area contributed by atoms with Gasteiger partial charge in [-0.1, -0.05) is 19.9 Å². The van der Waals surface area contributed by atoms with Crippen molar-refractivity contribution < 1.29 is 9.53 Å². The fraction of sp³-hybridized carbons (Fsp3) is 0.333. The number of rotatable bonds is 5. The van der Waals surface area contributed by atoms with Crippen LogP contribution in [0, 0.1) is 0 Å². The number of nitrogens with zero attached hydrogens (tertiary/aromatic N) is 1. The minimum atomic E-state index is -0.120. The van der Waals surface area contributed by atoms with E-state index in [1.807, 2.05) is 11.4 Å². The normalized spacial score (nSPS) is 10.6. The third-order valence-electron chi connectivity index (χ3n) is 2.89. The lowest BCUT2D eigenvalue weighted by atomic mass is 10.2. The van der Waals surface area contributed by atoms with Gasteiger partial charge < -0.3 is 10.1 Å². The maximum atomic E-state index is 12.0. The van der Waals surface area contributed by atoms with E-state index in [9.17, 15) is 4.79 Å². The van der Waals surface area contributed by atoms with Crippen molar-refractivity contribution in [3.8, 4) is 5.75 Å². The highest BCUT2D eigenvalue weighted by molar-refractivity contribution is 7.09. The van der Waals surface area contributed by atoms with Gasteiger partial charge in [0.2, 0.25) is 0 Å². The van der Waals surface area contributed by atoms with E-state index in [2.05, 4.69) is 24.1 Å². The predicted octanol–water partition coefficient (Wildman–Crippen LogP) is 3.21. The third kappa shape index (κ3) is 3.57. The molecule has 0 unspecified atom stereocenters. The van der Waals surface area contributed by atoms with Crippen LogP contribution in [0.15, 0.2) is 29.6 Å². The number of amides is 1. The molecule has 0 aliphatic heterocycles. The number of hydrogen-bond donors (Lipinski definition) is 1. The first-order valence-electron chi connectivity index (χ1n) is 6.46. The second-order valence-corrected chi connectivity index (χ2v) is 5.68. The van der Waals surface area contributed by atoms with Crippen molar-refractivity contribution in [2.45, 2.75) is 26.3 Å². The minimum Gasteiger partial charge on any atom is -0.497 e. The van der Waals surface area contributed by atoms with Crippen LogP contribution in [-0.2, 0) is 6.54 Å². The number of aromatic nitrogens is 1. The molecule has 0 bridgehead atoms. The van der Waals surface area contributed by atoms with Crippen molar-refractivity contribution in [2.75, 3.05) is 7.11 Å². The fourth-order valence-corrected chi connectivity index (χ4v) is 2.59. The summed E-state index contributed by atoms with van der Waals surface area (Å²) in [5.74, 6) is 0.966. The molecular formula is C15H18N2O2S. The molecule has 1 heterocycles. The lowest BCUT2D eigenvalue weighted by Crippen LogP contribution is -2.22. The summed E-state index contributed by atoms with van der Waals surface area (Å²) in [6.07, 6.45) is 0. The third-order valence-corrected chi connectivity index (χ3v) is 3.76. The van der Waals surface area contributed by atoms with Gasteiger partial charge in [-0.2, -0.15) is 0 Å². The van der Waals surface area contributed by atoms with Gasteiger partial charge in [-0.05, 0) is 24.1 Å². The van der Waals surface area contributed by atoms with E-state index in [1.54, 1.807) is 36.6 Å². The van der Waals surface area contributed by atoms with Gasteiger partial charge in [-0.15, -0.1) is 11.3 Å². The van der Waals surface area contributed by atoms with Crippen LogP contribution in [0.3, 0.4) is 0 Å². The van der Waals surface area contributed by atoms with E-state index >= 15 is 0 Å². The van der Waals surface area contributed by atoms with Crippen LogP contribution in [-0.4, -0.2) is 18.0 Å². The maximum Gasteiger partial charge on any atom is 0.251 e. The van der Waals surface area contributed by atoms with E-state index in [4.69, 9.17) is 4.74 Å². The highest BCUT2D eigenvalue weighted by atomic mass is 32.1. The van der Waals surface area contributed by atoms with Gasteiger partial charge in [0.1, 0.15) is 10.8 Å². The summed E-state index contributed by atoms with van der Waals surface area (Å²) in [5, 5.41) is 5.83. The van der Waals surface area contributed by atoms with Crippen LogP contribution in [0.2, 0.25) is 0 Å². The lowest BCUT2D eigenvalue weighted by Gasteiger charge is -2.05. The Morgan fingerprint density at radius 3 is 2.90 bits per heavy atom. The van der Waals surface area contributed by atoms with Crippen LogP contribution in [0.25, 0.3) is 0 Å². The number of hydrogen-bond acceptors (Lipinski definition) is 4. The molecule has 0 fully saturated rings. The molecule has 0 atom stereocenters. The van der Waals surface area contributed by atoms with Crippen molar-refractivity contribution in [1.29, 1.82) is 0 Å². The van der Waals surface area contributed by atoms with Crippen molar-refractivity contribution in [3.05, 3.63) is 45.9 Å². The van der Waals surface area contributed by atoms with Crippen LogP contribution < -0.4 is 10.1 Å². The molecular weight excluding hydrogens is 272 g/mol. The molecule has 1 aromatic heterocycles. The van der Waals surface area contributed by atoms with Crippen LogP contribution in [0.5, 0.6) is 5.75 Å². The quantitative estimate of drug-likeness (QED) is 0.920. The van der Waals surface area contributed by atoms with E-state index in [0.717, 1.165) is 10.7 Å². The van der Waals surface area contributed by atoms with Crippen molar-refractivity contribution in [3.63, 3.8) is 0 Å². The van der Waals surface area contributed by atoms with Crippen LogP contribution >= 0.6 is 11.3 Å². The number of nitrogens with one attached hydrogen (secondary N) is 1. The van der Waals surface area contributed by atoms with Crippen molar-refractivity contribution in [1.82, 2.24) is 10.3 Å². The van der Waals surface area contributed by atoms with Gasteiger partial charge in [0.15, 0.2) is 0 Å². The van der Waals surface area contributed by atoms with E-state index in [1.165, 1.54) is 0 Å². The zero-order valence-electron chi connectivity index (χ0n) is 11.8. The molecule has 2 rings (SSSR count). The Labute approximate surface area is 122 Å². The summed E-state index contributed by atoms with van der Waals surface area (Å²) in [6.45, 7) is 4.66. The zero-order valence-corrected chi connectivity index (χ0v) is 12.7. The predicted molar refractivity (Wildman–Crippen MR) is 80.4 cm³/mol. The summed E-state index contributed by atoms with van der Waals surface area (Å²) < 4.78 is 5.11. The Morgan fingerprint density at radius 1 is 1.45 bits per heavy atom. The summed E-state index contributed by atoms with van der Waals surface area (Å²) >= 11 is 1.57. The van der Waals surface area contributed by atoms with Gasteiger partial charge in [0.05, 0.1) is 19.3 Å². The van der Waals surface area contributed by atoms with E-state index in [-0.39, 0.29) is 5.91 Å². The largest absolute Gasteiger partial charge is 0.497 e. The number of carbonyl (C=O) groups is 1. The smallest absolute Gasteiger partial charge is 0.251 e. The van der Waals surface area contributed by atoms with Gasteiger partial charge >= 0.3 is 0 Å². The summed E-state index contributed by atoms with van der Waals surface area (Å²) in [7, 11) is 1.58. The highest BCUT2D eigenvalue weighted by Gasteiger charge is 2.09. The van der Waals surface area contributed by atoms with Crippen LogP contribution in [0.4, 0.5) is 0 Å². The van der Waals surface area contributed by atoms with Gasteiger partial charge in [0, 0.05) is 10.9 Å². The summed E-state index contributed by atoms with van der Waals surface area (Å²) in [6, 6.07) is 7.09. The Balaban J connectivity index is 1.97. The zero-order chi connectivity index (χ0) is 14.5. The standard InChI is InChI=1S/C15H18N2O2S/c1-10(2)13-9-20-14(17-13)8-16-15(18)11-5-4-6-12(7-11)19-3/h4-7,9-10H,8H2,1-3H3,(H,16,18). The average Bonchev–Trinajstić information content (AvgIpc) is 2.94. The number of ether oxygens (including phenoxy) is 1. The highest BCUT2D eigenvalue weighted by Crippen LogP contribution is 2.18. The number of benzene rings is 1. The molecule has 1 amide bonds. The average molecular weight is 290 g/mol. The second-order valence-electron chi connectivity index (χ2n) is 4.74. The molecule has 5 heteroatoms. The Kier molecular flexibility index (Phi) is 4.74. The molecule has 0 aliphatic rings. The first-order valence-corrected chi connectivity index (χ1v) is 7.34. The van der Waals surface area contributed by atoms with Gasteiger partial charge in [-0.25, -0.2) is 4.98 Å². The number of methoxy groups -OCH3 is 1. The Morgan fingerprint density at radius 2 is 2.25 bits per heavy atom. The second kappa shape index (κ2) is 6.52. The molecule has 106 valence electrons. The topological polar surface area (TPSA) is 51.2 Å². The molecule has 1 aromatic carbocycles. The molecule has 0 saturated carbocycles. The molecule has 20 heavy (non-hydrogen) atoms.